The van der Waals surface area contributed by atoms with Gasteiger partial charge in [0.2, 0.25) is 11.7 Å². The third-order valence-electron chi connectivity index (χ3n) is 2.83. The molecular formula is C11H9BrN2O2S. The van der Waals surface area contributed by atoms with Crippen LogP contribution in [0.15, 0.2) is 20.4 Å². The Balaban J connectivity index is 1.90. The predicted octanol–water partition coefficient (Wildman–Crippen LogP) is 3.40. The van der Waals surface area contributed by atoms with Crippen LogP contribution in [0.4, 0.5) is 0 Å². The fraction of sp³-hybridized carbons (Fsp3) is 0.364. The molecular weight excluding hydrogens is 304 g/mol. The van der Waals surface area contributed by atoms with Crippen molar-refractivity contribution in [3.8, 4) is 10.7 Å². The number of carbonyl (C=O) groups is 1. The lowest BCUT2D eigenvalue weighted by atomic mass is 10.1. The highest BCUT2D eigenvalue weighted by atomic mass is 79.9. The zero-order valence-corrected chi connectivity index (χ0v) is 11.3. The van der Waals surface area contributed by atoms with E-state index in [1.165, 1.54) is 0 Å². The third-order valence-corrected chi connectivity index (χ3v) is 4.52. The van der Waals surface area contributed by atoms with Crippen molar-refractivity contribution in [3.05, 3.63) is 21.8 Å². The van der Waals surface area contributed by atoms with Crippen LogP contribution in [0.1, 0.15) is 31.1 Å². The van der Waals surface area contributed by atoms with Gasteiger partial charge in [0.05, 0.1) is 10.8 Å². The van der Waals surface area contributed by atoms with E-state index in [9.17, 15) is 4.79 Å². The first-order valence-corrected chi connectivity index (χ1v) is 7.02. The van der Waals surface area contributed by atoms with Gasteiger partial charge in [0, 0.05) is 16.3 Å². The predicted molar refractivity (Wildman–Crippen MR) is 66.9 cm³/mol. The summed E-state index contributed by atoms with van der Waals surface area (Å²) in [5, 5.41) is 5.89. The second-order valence-electron chi connectivity index (χ2n) is 4.00. The van der Waals surface area contributed by atoms with Crippen LogP contribution >= 0.6 is 27.3 Å². The molecule has 1 atom stereocenters. The van der Waals surface area contributed by atoms with E-state index in [2.05, 4.69) is 26.1 Å². The van der Waals surface area contributed by atoms with E-state index in [0.29, 0.717) is 18.1 Å². The minimum Gasteiger partial charge on any atom is -0.338 e. The average molecular weight is 313 g/mol. The molecule has 2 heterocycles. The van der Waals surface area contributed by atoms with Gasteiger partial charge in [0.1, 0.15) is 5.78 Å². The van der Waals surface area contributed by atoms with E-state index >= 15 is 0 Å². The Kier molecular flexibility index (Phi) is 2.84. The highest BCUT2D eigenvalue weighted by Crippen LogP contribution is 2.33. The number of Topliss-reactive ketones (excluding diaryl/α,β-unsaturated/α-hetero) is 1. The minimum atomic E-state index is -0.181. The standard InChI is InChI=1S/C11H9BrN2O2S/c12-6-4-9(17-5-6)10-13-11(16-14-10)7-2-1-3-8(7)15/h4-5,7H,1-3H2. The van der Waals surface area contributed by atoms with Crippen LogP contribution < -0.4 is 0 Å². The fourth-order valence-corrected chi connectivity index (χ4v) is 3.34. The summed E-state index contributed by atoms with van der Waals surface area (Å²) < 4.78 is 6.19. The van der Waals surface area contributed by atoms with E-state index in [1.807, 2.05) is 11.4 Å². The van der Waals surface area contributed by atoms with Crippen molar-refractivity contribution in [1.82, 2.24) is 10.1 Å². The molecule has 0 saturated heterocycles. The van der Waals surface area contributed by atoms with Crippen molar-refractivity contribution in [2.75, 3.05) is 0 Å². The summed E-state index contributed by atoms with van der Waals surface area (Å²) in [6, 6.07) is 1.94. The molecule has 1 saturated carbocycles. The van der Waals surface area contributed by atoms with Gasteiger partial charge in [-0.2, -0.15) is 4.98 Å². The molecule has 17 heavy (non-hydrogen) atoms. The van der Waals surface area contributed by atoms with Crippen LogP contribution in [0.2, 0.25) is 0 Å². The van der Waals surface area contributed by atoms with Gasteiger partial charge in [-0.05, 0) is 34.8 Å². The minimum absolute atomic E-state index is 0.181. The van der Waals surface area contributed by atoms with Crippen molar-refractivity contribution in [2.45, 2.75) is 25.2 Å². The Labute approximate surface area is 110 Å². The van der Waals surface area contributed by atoms with Crippen LogP contribution in [0.5, 0.6) is 0 Å². The molecule has 2 aromatic heterocycles. The SMILES string of the molecule is O=C1CCCC1c1nc(-c2cc(Br)cs2)no1. The number of nitrogens with zero attached hydrogens (tertiary/aromatic N) is 2. The van der Waals surface area contributed by atoms with Gasteiger partial charge < -0.3 is 4.52 Å². The maximum Gasteiger partial charge on any atom is 0.237 e. The van der Waals surface area contributed by atoms with Crippen LogP contribution in [0.3, 0.4) is 0 Å². The smallest absolute Gasteiger partial charge is 0.237 e. The number of hydrogen-bond acceptors (Lipinski definition) is 5. The number of thiophene rings is 1. The van der Waals surface area contributed by atoms with Crippen molar-refractivity contribution in [1.29, 1.82) is 0 Å². The average Bonchev–Trinajstić information content (AvgIpc) is 2.97. The van der Waals surface area contributed by atoms with Gasteiger partial charge in [0.25, 0.3) is 0 Å². The quantitative estimate of drug-likeness (QED) is 0.852. The maximum atomic E-state index is 11.6. The van der Waals surface area contributed by atoms with Gasteiger partial charge in [-0.1, -0.05) is 5.16 Å². The molecule has 0 aromatic carbocycles. The van der Waals surface area contributed by atoms with Crippen molar-refractivity contribution < 1.29 is 9.32 Å². The summed E-state index contributed by atoms with van der Waals surface area (Å²) in [5.41, 5.74) is 0. The zero-order valence-electron chi connectivity index (χ0n) is 8.85. The molecule has 0 spiro atoms. The lowest BCUT2D eigenvalue weighted by molar-refractivity contribution is -0.119. The maximum absolute atomic E-state index is 11.6. The van der Waals surface area contributed by atoms with E-state index in [-0.39, 0.29) is 11.7 Å². The number of hydrogen-bond donors (Lipinski definition) is 0. The number of halogens is 1. The molecule has 1 fully saturated rings. The zero-order chi connectivity index (χ0) is 11.8. The van der Waals surface area contributed by atoms with Crippen LogP contribution in [-0.2, 0) is 4.79 Å². The highest BCUT2D eigenvalue weighted by molar-refractivity contribution is 9.10. The highest BCUT2D eigenvalue weighted by Gasteiger charge is 2.31. The first kappa shape index (κ1) is 11.1. The number of carbonyl (C=O) groups excluding carboxylic acids is 1. The van der Waals surface area contributed by atoms with Crippen molar-refractivity contribution >= 4 is 33.0 Å². The number of ketones is 1. The summed E-state index contributed by atoms with van der Waals surface area (Å²) in [6.07, 6.45) is 2.38. The molecule has 6 heteroatoms. The second-order valence-corrected chi connectivity index (χ2v) is 5.82. The monoisotopic (exact) mass is 312 g/mol. The van der Waals surface area contributed by atoms with Crippen LogP contribution in [-0.4, -0.2) is 15.9 Å². The topological polar surface area (TPSA) is 56.0 Å². The molecule has 1 aliphatic rings. The molecule has 0 radical (unpaired) electrons. The number of aromatic nitrogens is 2. The van der Waals surface area contributed by atoms with Gasteiger partial charge in [0.15, 0.2) is 0 Å². The third kappa shape index (κ3) is 2.07. The Bertz CT molecular complexity index is 563. The lowest BCUT2D eigenvalue weighted by Crippen LogP contribution is -2.04. The van der Waals surface area contributed by atoms with E-state index in [4.69, 9.17) is 4.52 Å². The van der Waals surface area contributed by atoms with Crippen molar-refractivity contribution in [3.63, 3.8) is 0 Å². The molecule has 0 bridgehead atoms. The van der Waals surface area contributed by atoms with E-state index < -0.39 is 0 Å². The fourth-order valence-electron chi connectivity index (χ4n) is 1.98. The summed E-state index contributed by atoms with van der Waals surface area (Å²) in [6.45, 7) is 0. The largest absolute Gasteiger partial charge is 0.338 e. The molecule has 0 amide bonds. The molecule has 1 unspecified atom stereocenters. The number of rotatable bonds is 2. The molecule has 88 valence electrons. The first-order chi connectivity index (χ1) is 8.24. The molecule has 4 nitrogen and oxygen atoms in total. The van der Waals surface area contributed by atoms with Crippen LogP contribution in [0.25, 0.3) is 10.7 Å². The molecule has 1 aliphatic carbocycles. The van der Waals surface area contributed by atoms with Gasteiger partial charge in [-0.15, -0.1) is 11.3 Å². The summed E-state index contributed by atoms with van der Waals surface area (Å²) >= 11 is 4.92. The first-order valence-electron chi connectivity index (χ1n) is 5.35. The molecule has 3 rings (SSSR count). The van der Waals surface area contributed by atoms with Gasteiger partial charge in [-0.25, -0.2) is 0 Å². The van der Waals surface area contributed by atoms with Crippen LogP contribution in [0, 0.1) is 0 Å². The normalized spacial score (nSPS) is 20.1. The van der Waals surface area contributed by atoms with E-state index in [0.717, 1.165) is 22.2 Å². The Hall–Kier alpha value is -1.01. The van der Waals surface area contributed by atoms with E-state index in [1.54, 1.807) is 11.3 Å². The van der Waals surface area contributed by atoms with Gasteiger partial charge >= 0.3 is 0 Å². The molecule has 0 N–H and O–H groups in total. The summed E-state index contributed by atoms with van der Waals surface area (Å²) in [5.74, 6) is 1.06. The molecule has 2 aromatic rings. The molecule has 0 aliphatic heterocycles. The second kappa shape index (κ2) is 4.34. The Morgan fingerprint density at radius 1 is 1.53 bits per heavy atom. The van der Waals surface area contributed by atoms with Crippen molar-refractivity contribution in [2.24, 2.45) is 0 Å². The summed E-state index contributed by atoms with van der Waals surface area (Å²) in [4.78, 5) is 16.9. The lowest BCUT2D eigenvalue weighted by Gasteiger charge is -1.98. The summed E-state index contributed by atoms with van der Waals surface area (Å²) in [7, 11) is 0. The van der Waals surface area contributed by atoms with Gasteiger partial charge in [-0.3, -0.25) is 4.79 Å². The Morgan fingerprint density at radius 2 is 2.41 bits per heavy atom. The Morgan fingerprint density at radius 3 is 3.06 bits per heavy atom.